The lowest BCUT2D eigenvalue weighted by Crippen LogP contribution is -2.05. The van der Waals surface area contributed by atoms with Crippen LogP contribution >= 0.6 is 0 Å². The number of hydrogen-bond donors (Lipinski definition) is 1. The number of rotatable bonds is 4. The van der Waals surface area contributed by atoms with Gasteiger partial charge in [-0.2, -0.15) is 0 Å². The molecule has 3 nitrogen and oxygen atoms in total. The minimum atomic E-state index is -0.359. The number of methoxy groups -OCH3 is 1. The van der Waals surface area contributed by atoms with Gasteiger partial charge in [0.15, 0.2) is 0 Å². The number of halogens is 1. The van der Waals surface area contributed by atoms with Crippen LogP contribution in [0, 0.1) is 12.7 Å². The molecule has 92 valence electrons. The molecular formula is C13H16FNO2. The van der Waals surface area contributed by atoms with Crippen molar-refractivity contribution in [2.75, 3.05) is 19.0 Å². The highest BCUT2D eigenvalue weighted by molar-refractivity contribution is 5.87. The molecule has 0 aliphatic heterocycles. The summed E-state index contributed by atoms with van der Waals surface area (Å²) in [5.74, 6) is -0.636. The molecule has 0 aliphatic rings. The molecule has 0 unspecified atom stereocenters. The van der Waals surface area contributed by atoms with Crippen LogP contribution in [0.25, 0.3) is 0 Å². The lowest BCUT2D eigenvalue weighted by molar-refractivity contribution is -0.136. The van der Waals surface area contributed by atoms with E-state index in [-0.39, 0.29) is 11.8 Å². The van der Waals surface area contributed by atoms with Crippen molar-refractivity contribution in [3.63, 3.8) is 0 Å². The Morgan fingerprint density at radius 1 is 1.47 bits per heavy atom. The zero-order valence-electron chi connectivity index (χ0n) is 10.2. The summed E-state index contributed by atoms with van der Waals surface area (Å²) in [6, 6.07) is 4.71. The molecule has 0 fully saturated rings. The van der Waals surface area contributed by atoms with Crippen LogP contribution in [-0.2, 0) is 9.53 Å². The predicted molar refractivity (Wildman–Crippen MR) is 65.4 cm³/mol. The molecule has 0 bridgehead atoms. The van der Waals surface area contributed by atoms with E-state index < -0.39 is 0 Å². The number of anilines is 1. The standard InChI is InChI=1S/C13H16FNO2/c1-9-6-11(14)8-12(7-9)15-5-4-10(2)13(16)17-3/h4,6-8,15H,5H2,1-3H3/b10-4+. The second kappa shape index (κ2) is 6.03. The van der Waals surface area contributed by atoms with Crippen molar-refractivity contribution in [1.29, 1.82) is 0 Å². The number of ether oxygens (including phenoxy) is 1. The van der Waals surface area contributed by atoms with E-state index in [1.54, 1.807) is 13.0 Å². The van der Waals surface area contributed by atoms with E-state index in [4.69, 9.17) is 0 Å². The molecular weight excluding hydrogens is 221 g/mol. The minimum absolute atomic E-state index is 0.277. The van der Waals surface area contributed by atoms with E-state index in [0.29, 0.717) is 17.8 Å². The first kappa shape index (κ1) is 13.2. The molecule has 0 aromatic heterocycles. The van der Waals surface area contributed by atoms with Crippen LogP contribution in [0.5, 0.6) is 0 Å². The minimum Gasteiger partial charge on any atom is -0.466 e. The van der Waals surface area contributed by atoms with Crippen molar-refractivity contribution in [2.24, 2.45) is 0 Å². The Bertz CT molecular complexity index is 421. The summed E-state index contributed by atoms with van der Waals surface area (Å²) < 4.78 is 17.6. The summed E-state index contributed by atoms with van der Waals surface area (Å²) in [6.45, 7) is 3.94. The third-order valence-corrected chi connectivity index (χ3v) is 2.26. The monoisotopic (exact) mass is 237 g/mol. The quantitative estimate of drug-likeness (QED) is 0.646. The summed E-state index contributed by atoms with van der Waals surface area (Å²) in [6.07, 6.45) is 1.70. The van der Waals surface area contributed by atoms with Gasteiger partial charge >= 0.3 is 5.97 Å². The van der Waals surface area contributed by atoms with E-state index in [1.807, 2.05) is 13.0 Å². The van der Waals surface area contributed by atoms with Gasteiger partial charge in [-0.05, 0) is 37.6 Å². The molecule has 4 heteroatoms. The fourth-order valence-electron chi connectivity index (χ4n) is 1.40. The van der Waals surface area contributed by atoms with Crippen molar-refractivity contribution < 1.29 is 13.9 Å². The molecule has 0 saturated heterocycles. The van der Waals surface area contributed by atoms with Crippen LogP contribution in [-0.4, -0.2) is 19.6 Å². The van der Waals surface area contributed by atoms with E-state index in [1.165, 1.54) is 19.2 Å². The Kier molecular flexibility index (Phi) is 4.69. The third kappa shape index (κ3) is 4.26. The van der Waals surface area contributed by atoms with Crippen LogP contribution in [0.15, 0.2) is 29.8 Å². The van der Waals surface area contributed by atoms with Gasteiger partial charge in [-0.25, -0.2) is 9.18 Å². The van der Waals surface area contributed by atoms with Gasteiger partial charge in [0, 0.05) is 17.8 Å². The summed E-state index contributed by atoms with van der Waals surface area (Å²) >= 11 is 0. The Hall–Kier alpha value is -1.84. The Labute approximate surface area is 100 Å². The number of hydrogen-bond acceptors (Lipinski definition) is 3. The molecule has 1 rings (SSSR count). The van der Waals surface area contributed by atoms with Gasteiger partial charge in [-0.1, -0.05) is 6.08 Å². The SMILES string of the molecule is COC(=O)/C(C)=C/CNc1cc(C)cc(F)c1. The number of esters is 1. The van der Waals surface area contributed by atoms with Crippen molar-refractivity contribution in [2.45, 2.75) is 13.8 Å². The summed E-state index contributed by atoms with van der Waals surface area (Å²) in [5, 5.41) is 3.01. The van der Waals surface area contributed by atoms with Gasteiger partial charge in [0.25, 0.3) is 0 Å². The summed E-state index contributed by atoms with van der Waals surface area (Å²) in [4.78, 5) is 11.1. The smallest absolute Gasteiger partial charge is 0.333 e. The second-order valence-corrected chi connectivity index (χ2v) is 3.78. The van der Waals surface area contributed by atoms with Crippen LogP contribution in [0.3, 0.4) is 0 Å². The van der Waals surface area contributed by atoms with Crippen molar-refractivity contribution in [1.82, 2.24) is 0 Å². The molecule has 0 radical (unpaired) electrons. The highest BCUT2D eigenvalue weighted by atomic mass is 19.1. The van der Waals surface area contributed by atoms with Crippen molar-refractivity contribution in [3.8, 4) is 0 Å². The van der Waals surface area contributed by atoms with Crippen LogP contribution < -0.4 is 5.32 Å². The molecule has 1 aromatic rings. The lowest BCUT2D eigenvalue weighted by atomic mass is 10.2. The fraction of sp³-hybridized carbons (Fsp3) is 0.308. The van der Waals surface area contributed by atoms with Crippen LogP contribution in [0.2, 0.25) is 0 Å². The number of carbonyl (C=O) groups excluding carboxylic acids is 1. The van der Waals surface area contributed by atoms with Gasteiger partial charge in [0.05, 0.1) is 7.11 Å². The highest BCUT2D eigenvalue weighted by Gasteiger charge is 2.01. The maximum atomic E-state index is 13.1. The van der Waals surface area contributed by atoms with E-state index >= 15 is 0 Å². The second-order valence-electron chi connectivity index (χ2n) is 3.78. The predicted octanol–water partition coefficient (Wildman–Crippen LogP) is 2.67. The zero-order valence-corrected chi connectivity index (χ0v) is 10.2. The van der Waals surface area contributed by atoms with E-state index in [0.717, 1.165) is 5.56 Å². The van der Waals surface area contributed by atoms with E-state index in [9.17, 15) is 9.18 Å². The number of aryl methyl sites for hydroxylation is 1. The number of nitrogens with one attached hydrogen (secondary N) is 1. The molecule has 0 spiro atoms. The Morgan fingerprint density at radius 2 is 2.18 bits per heavy atom. The number of benzene rings is 1. The lowest BCUT2D eigenvalue weighted by Gasteiger charge is -2.05. The fourth-order valence-corrected chi connectivity index (χ4v) is 1.40. The molecule has 17 heavy (non-hydrogen) atoms. The maximum absolute atomic E-state index is 13.1. The van der Waals surface area contributed by atoms with E-state index in [2.05, 4.69) is 10.1 Å². The molecule has 0 saturated carbocycles. The molecule has 0 aliphatic carbocycles. The van der Waals surface area contributed by atoms with Crippen molar-refractivity contribution in [3.05, 3.63) is 41.2 Å². The molecule has 1 aromatic carbocycles. The average molecular weight is 237 g/mol. The first-order chi connectivity index (χ1) is 8.02. The Morgan fingerprint density at radius 3 is 2.76 bits per heavy atom. The van der Waals surface area contributed by atoms with Gasteiger partial charge < -0.3 is 10.1 Å². The highest BCUT2D eigenvalue weighted by Crippen LogP contribution is 2.13. The molecule has 0 atom stereocenters. The molecule has 1 N–H and O–H groups in total. The number of carbonyl (C=O) groups is 1. The zero-order chi connectivity index (χ0) is 12.8. The first-order valence-corrected chi connectivity index (χ1v) is 5.29. The topological polar surface area (TPSA) is 38.3 Å². The molecule has 0 amide bonds. The average Bonchev–Trinajstić information content (AvgIpc) is 2.26. The normalized spacial score (nSPS) is 11.2. The third-order valence-electron chi connectivity index (χ3n) is 2.26. The van der Waals surface area contributed by atoms with Gasteiger partial charge in [0.1, 0.15) is 5.82 Å². The maximum Gasteiger partial charge on any atom is 0.333 e. The Balaban J connectivity index is 2.59. The summed E-state index contributed by atoms with van der Waals surface area (Å²) in [7, 11) is 1.34. The van der Waals surface area contributed by atoms with Gasteiger partial charge in [-0.3, -0.25) is 0 Å². The van der Waals surface area contributed by atoms with Gasteiger partial charge in [0.2, 0.25) is 0 Å². The van der Waals surface area contributed by atoms with Crippen LogP contribution in [0.1, 0.15) is 12.5 Å². The van der Waals surface area contributed by atoms with Gasteiger partial charge in [-0.15, -0.1) is 0 Å². The van der Waals surface area contributed by atoms with Crippen LogP contribution in [0.4, 0.5) is 10.1 Å². The summed E-state index contributed by atoms with van der Waals surface area (Å²) in [5.41, 5.74) is 2.06. The largest absolute Gasteiger partial charge is 0.466 e. The first-order valence-electron chi connectivity index (χ1n) is 5.29. The van der Waals surface area contributed by atoms with Crippen molar-refractivity contribution >= 4 is 11.7 Å². The molecule has 0 heterocycles.